The normalized spacial score (nSPS) is 12.0. The van der Waals surface area contributed by atoms with Crippen LogP contribution >= 0.6 is 11.8 Å². The van der Waals surface area contributed by atoms with E-state index in [0.717, 1.165) is 22.3 Å². The molecule has 1 heterocycles. The third-order valence-corrected chi connectivity index (χ3v) is 4.70. The number of nitrogens with zero attached hydrogens (tertiary/aromatic N) is 2. The van der Waals surface area contributed by atoms with Crippen molar-refractivity contribution >= 4 is 17.7 Å². The quantitative estimate of drug-likeness (QED) is 0.657. The van der Waals surface area contributed by atoms with E-state index in [0.29, 0.717) is 11.1 Å². The van der Waals surface area contributed by atoms with Gasteiger partial charge in [-0.3, -0.25) is 4.79 Å². The van der Waals surface area contributed by atoms with E-state index < -0.39 is 0 Å². The molecule has 26 heavy (non-hydrogen) atoms. The van der Waals surface area contributed by atoms with Crippen LogP contribution in [0.4, 0.5) is 0 Å². The lowest BCUT2D eigenvalue weighted by Gasteiger charge is -2.13. The van der Waals surface area contributed by atoms with Crippen molar-refractivity contribution in [2.45, 2.75) is 32.0 Å². The molecule has 1 N–H and O–H groups in total. The largest absolute Gasteiger partial charge is 0.411 e. The van der Waals surface area contributed by atoms with Gasteiger partial charge in [0.15, 0.2) is 0 Å². The maximum absolute atomic E-state index is 12.1. The van der Waals surface area contributed by atoms with Gasteiger partial charge in [-0.05, 0) is 38.5 Å². The summed E-state index contributed by atoms with van der Waals surface area (Å²) in [5, 5.41) is 11.5. The summed E-state index contributed by atoms with van der Waals surface area (Å²) in [4.78, 5) is 12.1. The Morgan fingerprint density at radius 1 is 1.12 bits per heavy atom. The number of aromatic nitrogens is 2. The Morgan fingerprint density at radius 2 is 1.81 bits per heavy atom. The molecule has 0 fully saturated rings. The van der Waals surface area contributed by atoms with Crippen molar-refractivity contribution in [3.05, 3.63) is 65.2 Å². The van der Waals surface area contributed by atoms with Crippen molar-refractivity contribution in [1.82, 2.24) is 15.5 Å². The zero-order chi connectivity index (χ0) is 18.5. The van der Waals surface area contributed by atoms with Gasteiger partial charge in [-0.2, -0.15) is 0 Å². The molecular formula is C20H21N3O2S. The lowest BCUT2D eigenvalue weighted by Crippen LogP contribution is -2.28. The van der Waals surface area contributed by atoms with Crippen LogP contribution in [0.3, 0.4) is 0 Å². The molecule has 5 nitrogen and oxygen atoms in total. The number of rotatable bonds is 6. The Kier molecular flexibility index (Phi) is 5.73. The lowest BCUT2D eigenvalue weighted by molar-refractivity contribution is -0.119. The summed E-state index contributed by atoms with van der Waals surface area (Å²) < 4.78 is 5.68. The Labute approximate surface area is 157 Å². The predicted octanol–water partition coefficient (Wildman–Crippen LogP) is 4.32. The molecule has 1 amide bonds. The molecule has 0 saturated carbocycles. The molecule has 3 aromatic rings. The van der Waals surface area contributed by atoms with E-state index in [2.05, 4.69) is 21.6 Å². The number of hydrogen-bond donors (Lipinski definition) is 1. The molecule has 0 bridgehead atoms. The summed E-state index contributed by atoms with van der Waals surface area (Å²) in [5.74, 6) is 0.626. The molecule has 0 spiro atoms. The average molecular weight is 367 g/mol. The van der Waals surface area contributed by atoms with Crippen LogP contribution in [0, 0.1) is 13.8 Å². The van der Waals surface area contributed by atoms with Gasteiger partial charge < -0.3 is 9.73 Å². The van der Waals surface area contributed by atoms with Crippen LogP contribution in [-0.2, 0) is 4.79 Å². The van der Waals surface area contributed by atoms with E-state index in [9.17, 15) is 4.79 Å². The first-order valence-electron chi connectivity index (χ1n) is 8.40. The van der Waals surface area contributed by atoms with Gasteiger partial charge in [-0.25, -0.2) is 0 Å². The van der Waals surface area contributed by atoms with E-state index in [-0.39, 0.29) is 17.7 Å². The van der Waals surface area contributed by atoms with Crippen LogP contribution in [0.1, 0.15) is 29.7 Å². The van der Waals surface area contributed by atoms with Crippen molar-refractivity contribution in [1.29, 1.82) is 0 Å². The topological polar surface area (TPSA) is 68.0 Å². The van der Waals surface area contributed by atoms with E-state index in [1.165, 1.54) is 11.8 Å². The minimum absolute atomic E-state index is 0.0437. The number of nitrogens with one attached hydrogen (secondary N) is 1. The van der Waals surface area contributed by atoms with Gasteiger partial charge in [0.1, 0.15) is 0 Å². The molecule has 0 aliphatic heterocycles. The van der Waals surface area contributed by atoms with E-state index in [4.69, 9.17) is 4.42 Å². The molecule has 6 heteroatoms. The zero-order valence-electron chi connectivity index (χ0n) is 15.0. The molecule has 0 aliphatic carbocycles. The summed E-state index contributed by atoms with van der Waals surface area (Å²) in [7, 11) is 0. The lowest BCUT2D eigenvalue weighted by atomic mass is 10.1. The summed E-state index contributed by atoms with van der Waals surface area (Å²) >= 11 is 1.24. The second kappa shape index (κ2) is 8.19. The van der Waals surface area contributed by atoms with Crippen LogP contribution in [0.5, 0.6) is 0 Å². The van der Waals surface area contributed by atoms with Gasteiger partial charge in [-0.15, -0.1) is 10.2 Å². The van der Waals surface area contributed by atoms with Crippen LogP contribution in [0.2, 0.25) is 0 Å². The molecule has 0 radical (unpaired) electrons. The summed E-state index contributed by atoms with van der Waals surface area (Å²) in [5.41, 5.74) is 4.24. The zero-order valence-corrected chi connectivity index (χ0v) is 15.8. The second-order valence-corrected chi connectivity index (χ2v) is 7.16. The standard InChI is InChI=1S/C20H21N3O2S/c1-13-9-14(2)11-17(10-13)19-22-23-20(25-19)26-12-18(24)21-15(3)16-7-5-4-6-8-16/h4-11,15H,12H2,1-3H3,(H,21,24). The monoisotopic (exact) mass is 367 g/mol. The third kappa shape index (κ3) is 4.73. The first kappa shape index (κ1) is 18.2. The smallest absolute Gasteiger partial charge is 0.277 e. The highest BCUT2D eigenvalue weighted by Crippen LogP contribution is 2.25. The molecule has 3 rings (SSSR count). The Hall–Kier alpha value is -2.60. The summed E-state index contributed by atoms with van der Waals surface area (Å²) in [6.45, 7) is 6.02. The minimum Gasteiger partial charge on any atom is -0.411 e. The number of aryl methyl sites for hydroxylation is 2. The van der Waals surface area contributed by atoms with Gasteiger partial charge in [0, 0.05) is 5.56 Å². The highest BCUT2D eigenvalue weighted by molar-refractivity contribution is 7.99. The Balaban J connectivity index is 1.57. The van der Waals surface area contributed by atoms with Gasteiger partial charge in [0.05, 0.1) is 11.8 Å². The highest BCUT2D eigenvalue weighted by Gasteiger charge is 2.13. The SMILES string of the molecule is Cc1cc(C)cc(-c2nnc(SCC(=O)NC(C)c3ccccc3)o2)c1. The maximum Gasteiger partial charge on any atom is 0.277 e. The Morgan fingerprint density at radius 3 is 2.50 bits per heavy atom. The first-order chi connectivity index (χ1) is 12.5. The highest BCUT2D eigenvalue weighted by atomic mass is 32.2. The molecule has 0 aliphatic rings. The van der Waals surface area contributed by atoms with Crippen LogP contribution in [0.15, 0.2) is 58.2 Å². The summed E-state index contributed by atoms with van der Waals surface area (Å²) in [6, 6.07) is 15.9. The number of hydrogen-bond acceptors (Lipinski definition) is 5. The number of benzene rings is 2. The Bertz CT molecular complexity index is 873. The minimum atomic E-state index is -0.0718. The van der Waals surface area contributed by atoms with Crippen molar-refractivity contribution in [2.24, 2.45) is 0 Å². The van der Waals surface area contributed by atoms with Crippen molar-refractivity contribution in [3.63, 3.8) is 0 Å². The molecular weight excluding hydrogens is 346 g/mol. The third-order valence-electron chi connectivity index (χ3n) is 3.88. The average Bonchev–Trinajstić information content (AvgIpc) is 3.09. The van der Waals surface area contributed by atoms with Gasteiger partial charge in [-0.1, -0.05) is 59.3 Å². The van der Waals surface area contributed by atoms with Gasteiger partial charge in [0.2, 0.25) is 11.8 Å². The molecule has 0 saturated heterocycles. The number of thioether (sulfide) groups is 1. The molecule has 2 aromatic carbocycles. The molecule has 1 aromatic heterocycles. The van der Waals surface area contributed by atoms with E-state index >= 15 is 0 Å². The fourth-order valence-corrected chi connectivity index (χ4v) is 3.29. The van der Waals surface area contributed by atoms with Crippen molar-refractivity contribution in [2.75, 3.05) is 5.75 Å². The predicted molar refractivity (Wildman–Crippen MR) is 103 cm³/mol. The molecule has 1 unspecified atom stereocenters. The van der Waals surface area contributed by atoms with E-state index in [1.807, 2.05) is 63.2 Å². The van der Waals surface area contributed by atoms with Gasteiger partial charge >= 0.3 is 0 Å². The maximum atomic E-state index is 12.1. The molecule has 1 atom stereocenters. The van der Waals surface area contributed by atoms with Crippen molar-refractivity contribution in [3.8, 4) is 11.5 Å². The van der Waals surface area contributed by atoms with Crippen LogP contribution in [-0.4, -0.2) is 21.9 Å². The summed E-state index contributed by atoms with van der Waals surface area (Å²) in [6.07, 6.45) is 0. The number of carbonyl (C=O) groups excluding carboxylic acids is 1. The van der Waals surface area contributed by atoms with Gasteiger partial charge in [0.25, 0.3) is 5.22 Å². The first-order valence-corrected chi connectivity index (χ1v) is 9.39. The van der Waals surface area contributed by atoms with Crippen LogP contribution in [0.25, 0.3) is 11.5 Å². The van der Waals surface area contributed by atoms with Crippen molar-refractivity contribution < 1.29 is 9.21 Å². The second-order valence-electron chi connectivity index (χ2n) is 6.24. The number of amides is 1. The fourth-order valence-electron chi connectivity index (χ4n) is 2.72. The number of carbonyl (C=O) groups is 1. The van der Waals surface area contributed by atoms with Crippen LogP contribution < -0.4 is 5.32 Å². The molecule has 134 valence electrons. The fraction of sp³-hybridized carbons (Fsp3) is 0.250. The van der Waals surface area contributed by atoms with E-state index in [1.54, 1.807) is 0 Å².